The van der Waals surface area contributed by atoms with Crippen molar-refractivity contribution in [3.05, 3.63) is 89.0 Å². The third-order valence-electron chi connectivity index (χ3n) is 6.68. The van der Waals surface area contributed by atoms with Crippen molar-refractivity contribution in [3.8, 4) is 28.0 Å². The molecular formula is C30H28F6O2. The molecule has 3 aromatic carbocycles. The molecule has 0 aliphatic carbocycles. The van der Waals surface area contributed by atoms with Crippen molar-refractivity contribution < 1.29 is 35.8 Å². The predicted molar refractivity (Wildman–Crippen MR) is 134 cm³/mol. The first-order chi connectivity index (χ1) is 18.3. The van der Waals surface area contributed by atoms with E-state index in [2.05, 4.69) is 6.92 Å². The molecule has 1 aliphatic rings. The lowest BCUT2D eigenvalue weighted by atomic mass is 9.89. The Morgan fingerprint density at radius 3 is 1.84 bits per heavy atom. The zero-order valence-corrected chi connectivity index (χ0v) is 21.1. The molecule has 4 rings (SSSR count). The summed E-state index contributed by atoms with van der Waals surface area (Å²) in [7, 11) is 0. The van der Waals surface area contributed by atoms with Gasteiger partial charge in [0.05, 0.1) is 19.3 Å². The van der Waals surface area contributed by atoms with Gasteiger partial charge in [0, 0.05) is 28.2 Å². The molecule has 1 unspecified atom stereocenters. The Kier molecular flexibility index (Phi) is 8.82. The Bertz CT molecular complexity index is 1330. The van der Waals surface area contributed by atoms with E-state index in [9.17, 15) is 8.78 Å². The molecule has 1 heterocycles. The molecule has 0 N–H and O–H groups in total. The van der Waals surface area contributed by atoms with Gasteiger partial charge in [-0.2, -0.15) is 4.39 Å². The summed E-state index contributed by atoms with van der Waals surface area (Å²) < 4.78 is 99.9. The molecule has 1 saturated heterocycles. The molecule has 1 fully saturated rings. The molecule has 0 spiro atoms. The van der Waals surface area contributed by atoms with Gasteiger partial charge in [0.2, 0.25) is 5.82 Å². The van der Waals surface area contributed by atoms with Crippen LogP contribution < -0.4 is 4.74 Å². The quantitative estimate of drug-likeness (QED) is 0.212. The summed E-state index contributed by atoms with van der Waals surface area (Å²) >= 11 is 0. The van der Waals surface area contributed by atoms with Crippen LogP contribution in [0.25, 0.3) is 22.3 Å². The minimum Gasteiger partial charge on any atom is -0.491 e. The van der Waals surface area contributed by atoms with E-state index in [1.165, 1.54) is 12.1 Å². The molecular weight excluding hydrogens is 506 g/mol. The third kappa shape index (κ3) is 5.46. The highest BCUT2D eigenvalue weighted by Crippen LogP contribution is 2.38. The first-order valence-electron chi connectivity index (χ1n) is 12.6. The maximum atomic E-state index is 15.1. The number of halogens is 6. The topological polar surface area (TPSA) is 18.5 Å². The Morgan fingerprint density at radius 2 is 1.29 bits per heavy atom. The van der Waals surface area contributed by atoms with E-state index in [-0.39, 0.29) is 36.5 Å². The van der Waals surface area contributed by atoms with Crippen molar-refractivity contribution in [3.63, 3.8) is 0 Å². The number of allylic oxidation sites excluding steroid dienone is 1. The number of hydrogen-bond acceptors (Lipinski definition) is 2. The summed E-state index contributed by atoms with van der Waals surface area (Å²) in [6, 6.07) is 6.72. The highest BCUT2D eigenvalue weighted by Gasteiger charge is 2.28. The standard InChI is InChI=1S/C30H28F6O2/c1-3-5-6-7-18-9-8-17(16-38-18)19-10-11-20(26(32)25(19)31)21-12-13-22(28(34)27(21)33)23-14-15-24(37-4-2)30(36)29(23)35/h6-7,10-15,17-18H,3-5,8-9,16H2,1-2H3/b7-6+/t17-,18?/m1/s1. The fourth-order valence-corrected chi connectivity index (χ4v) is 4.64. The number of unbranched alkanes of at least 4 members (excludes halogenated alkanes) is 1. The van der Waals surface area contributed by atoms with E-state index in [4.69, 9.17) is 9.47 Å². The van der Waals surface area contributed by atoms with Crippen LogP contribution in [-0.2, 0) is 4.74 Å². The van der Waals surface area contributed by atoms with Crippen molar-refractivity contribution >= 4 is 0 Å². The number of hydrogen-bond donors (Lipinski definition) is 0. The van der Waals surface area contributed by atoms with Crippen LogP contribution in [0.4, 0.5) is 26.3 Å². The van der Waals surface area contributed by atoms with E-state index in [1.54, 1.807) is 6.92 Å². The SMILES string of the molecule is CCC/C=C/C1CC[C@@H](c2ccc(-c3ccc(-c4ccc(OCC)c(F)c4F)c(F)c3F)c(F)c2F)CO1. The third-order valence-corrected chi connectivity index (χ3v) is 6.68. The maximum Gasteiger partial charge on any atom is 0.201 e. The predicted octanol–water partition coefficient (Wildman–Crippen LogP) is 8.87. The van der Waals surface area contributed by atoms with Gasteiger partial charge in [0.15, 0.2) is 34.8 Å². The van der Waals surface area contributed by atoms with E-state index < -0.39 is 57.2 Å². The smallest absolute Gasteiger partial charge is 0.201 e. The van der Waals surface area contributed by atoms with Crippen LogP contribution >= 0.6 is 0 Å². The average molecular weight is 535 g/mol. The van der Waals surface area contributed by atoms with Gasteiger partial charge in [0.25, 0.3) is 0 Å². The molecule has 1 aliphatic heterocycles. The zero-order chi connectivity index (χ0) is 27.4. The number of rotatable bonds is 8. The van der Waals surface area contributed by atoms with Crippen molar-refractivity contribution in [2.45, 2.75) is 51.6 Å². The molecule has 38 heavy (non-hydrogen) atoms. The van der Waals surface area contributed by atoms with Gasteiger partial charge in [-0.15, -0.1) is 0 Å². The van der Waals surface area contributed by atoms with Crippen LogP contribution in [-0.4, -0.2) is 19.3 Å². The van der Waals surface area contributed by atoms with E-state index in [1.807, 2.05) is 12.2 Å². The maximum absolute atomic E-state index is 15.1. The average Bonchev–Trinajstić information content (AvgIpc) is 2.91. The first-order valence-corrected chi connectivity index (χ1v) is 12.6. The van der Waals surface area contributed by atoms with Crippen molar-refractivity contribution in [1.29, 1.82) is 0 Å². The Hall–Kier alpha value is -3.26. The second kappa shape index (κ2) is 12.1. The van der Waals surface area contributed by atoms with Gasteiger partial charge in [-0.05, 0) is 43.9 Å². The lowest BCUT2D eigenvalue weighted by Crippen LogP contribution is -2.24. The largest absolute Gasteiger partial charge is 0.491 e. The van der Waals surface area contributed by atoms with Gasteiger partial charge < -0.3 is 9.47 Å². The summed E-state index contributed by atoms with van der Waals surface area (Å²) in [5.74, 6) is -9.00. The van der Waals surface area contributed by atoms with Crippen LogP contribution in [0.2, 0.25) is 0 Å². The highest BCUT2D eigenvalue weighted by molar-refractivity contribution is 5.73. The molecule has 0 amide bonds. The molecule has 0 bridgehead atoms. The molecule has 0 aromatic heterocycles. The summed E-state index contributed by atoms with van der Waals surface area (Å²) in [5.41, 5.74) is -2.01. The monoisotopic (exact) mass is 534 g/mol. The minimum atomic E-state index is -1.52. The summed E-state index contributed by atoms with van der Waals surface area (Å²) in [5, 5.41) is 0. The highest BCUT2D eigenvalue weighted by atomic mass is 19.2. The Labute approximate surface area is 217 Å². The van der Waals surface area contributed by atoms with E-state index in [0.717, 1.165) is 37.1 Å². The van der Waals surface area contributed by atoms with Crippen LogP contribution in [0.3, 0.4) is 0 Å². The second-order valence-electron chi connectivity index (χ2n) is 9.15. The molecule has 3 aromatic rings. The lowest BCUT2D eigenvalue weighted by molar-refractivity contribution is 0.0317. The van der Waals surface area contributed by atoms with Crippen LogP contribution in [0.15, 0.2) is 48.6 Å². The second-order valence-corrected chi connectivity index (χ2v) is 9.15. The molecule has 0 radical (unpaired) electrons. The summed E-state index contributed by atoms with van der Waals surface area (Å²) in [6.07, 6.45) is 7.14. The summed E-state index contributed by atoms with van der Waals surface area (Å²) in [4.78, 5) is 0. The normalized spacial score (nSPS) is 17.8. The van der Waals surface area contributed by atoms with Gasteiger partial charge in [-0.3, -0.25) is 0 Å². The number of ether oxygens (including phenoxy) is 2. The fourth-order valence-electron chi connectivity index (χ4n) is 4.64. The molecule has 2 nitrogen and oxygen atoms in total. The van der Waals surface area contributed by atoms with Gasteiger partial charge in [-0.1, -0.05) is 49.8 Å². The minimum absolute atomic E-state index is 0.0748. The van der Waals surface area contributed by atoms with Crippen LogP contribution in [0.5, 0.6) is 5.75 Å². The van der Waals surface area contributed by atoms with Crippen molar-refractivity contribution in [1.82, 2.24) is 0 Å². The van der Waals surface area contributed by atoms with Gasteiger partial charge in [0.1, 0.15) is 0 Å². The fraction of sp³-hybridized carbons (Fsp3) is 0.333. The number of benzene rings is 3. The molecule has 2 atom stereocenters. The Morgan fingerprint density at radius 1 is 0.737 bits per heavy atom. The van der Waals surface area contributed by atoms with Crippen LogP contribution in [0.1, 0.15) is 51.0 Å². The van der Waals surface area contributed by atoms with Crippen molar-refractivity contribution in [2.75, 3.05) is 13.2 Å². The summed E-state index contributed by atoms with van der Waals surface area (Å²) in [6.45, 7) is 3.94. The zero-order valence-electron chi connectivity index (χ0n) is 21.1. The van der Waals surface area contributed by atoms with E-state index >= 15 is 17.6 Å². The van der Waals surface area contributed by atoms with Crippen LogP contribution in [0, 0.1) is 34.9 Å². The van der Waals surface area contributed by atoms with Gasteiger partial charge in [-0.25, -0.2) is 22.0 Å². The first kappa shape index (κ1) is 27.8. The van der Waals surface area contributed by atoms with Crippen molar-refractivity contribution in [2.24, 2.45) is 0 Å². The molecule has 0 saturated carbocycles. The van der Waals surface area contributed by atoms with E-state index in [0.29, 0.717) is 12.8 Å². The lowest BCUT2D eigenvalue weighted by Gasteiger charge is -2.28. The molecule has 8 heteroatoms. The Balaban J connectivity index is 1.61. The molecule has 202 valence electrons. The van der Waals surface area contributed by atoms with Gasteiger partial charge >= 0.3 is 0 Å².